The number of carbonyl (C=O) groups excluding carboxylic acids is 4. The molecule has 6 N–H and O–H groups in total. The minimum atomic E-state index is -0.965. The highest BCUT2D eigenvalue weighted by Gasteiger charge is 2.22. The average molecular weight is 1250 g/mol. The van der Waals surface area contributed by atoms with E-state index >= 15 is 0 Å². The summed E-state index contributed by atoms with van der Waals surface area (Å²) in [5, 5.41) is 28.7. The minimum Gasteiger partial charge on any atom is -0.481 e. The zero-order valence-corrected chi connectivity index (χ0v) is 46.4. The highest BCUT2D eigenvalue weighted by atomic mass is 127. The van der Waals surface area contributed by atoms with Gasteiger partial charge in [-0.3, -0.25) is 29.0 Å². The van der Waals surface area contributed by atoms with E-state index in [4.69, 9.17) is 10.2 Å². The Morgan fingerprint density at radius 3 is 1.41 bits per heavy atom. The molecule has 14 nitrogen and oxygen atoms in total. The number of nitrogens with zero attached hydrogens (tertiary/aromatic N) is 2. The van der Waals surface area contributed by atoms with Gasteiger partial charge >= 0.3 is 24.0 Å². The summed E-state index contributed by atoms with van der Waals surface area (Å²) in [5.41, 5.74) is 9.44. The van der Waals surface area contributed by atoms with Crippen molar-refractivity contribution in [3.05, 3.63) is 192 Å². The molecule has 2 aliphatic carbocycles. The number of carbonyl (C=O) groups is 6. The van der Waals surface area contributed by atoms with Gasteiger partial charge in [0.1, 0.15) is 0 Å². The number of anilines is 4. The van der Waals surface area contributed by atoms with Crippen LogP contribution >= 0.6 is 45.2 Å². The monoisotopic (exact) mass is 1250 g/mol. The van der Waals surface area contributed by atoms with Crippen LogP contribution in [-0.4, -0.2) is 59.1 Å². The van der Waals surface area contributed by atoms with Crippen molar-refractivity contribution in [1.82, 2.24) is 10.6 Å². The standard InChI is InChI=1S/C30H32IN3O4.C30H30IN3O4/c2*31-25-7-4-8-26(19-25)33-30(38)34(27-15-13-23(14-16-27)22-5-2-1-3-6-22)20-21-9-11-24(12-10-21)29(37)32-18-17-28(35)36/h4,7-16,19,22H,1-3,5-6,17-18,20H2,(H,32,37)(H,33,38)(H,35,36);4-5,7-16,19H,1-3,6,17-18,20H2,(H,32,37)(H,33,38)(H,35,36). The molecule has 0 aliphatic heterocycles. The lowest BCUT2D eigenvalue weighted by molar-refractivity contribution is -0.137. The second-order valence-electron chi connectivity index (χ2n) is 18.7. The van der Waals surface area contributed by atoms with Gasteiger partial charge in [0, 0.05) is 54.1 Å². The molecule has 6 aromatic rings. The highest BCUT2D eigenvalue weighted by Crippen LogP contribution is 2.34. The second kappa shape index (κ2) is 28.7. The Hall–Kier alpha value is -7.06. The van der Waals surface area contributed by atoms with Gasteiger partial charge in [-0.25, -0.2) is 9.59 Å². The van der Waals surface area contributed by atoms with Crippen LogP contribution in [-0.2, 0) is 22.7 Å². The maximum absolute atomic E-state index is 13.5. The molecule has 0 atom stereocenters. The second-order valence-corrected chi connectivity index (χ2v) is 21.2. The van der Waals surface area contributed by atoms with Crippen LogP contribution in [0.15, 0.2) is 152 Å². The third-order valence-corrected chi connectivity index (χ3v) is 14.5. The van der Waals surface area contributed by atoms with E-state index in [1.165, 1.54) is 61.6 Å². The molecule has 6 aromatic carbocycles. The van der Waals surface area contributed by atoms with Crippen molar-refractivity contribution in [3.63, 3.8) is 0 Å². The van der Waals surface area contributed by atoms with Crippen LogP contribution in [0.4, 0.5) is 32.3 Å². The Morgan fingerprint density at radius 2 is 0.987 bits per heavy atom. The predicted molar refractivity (Wildman–Crippen MR) is 316 cm³/mol. The van der Waals surface area contributed by atoms with Crippen molar-refractivity contribution in [1.29, 1.82) is 0 Å². The maximum Gasteiger partial charge on any atom is 0.326 e. The first-order chi connectivity index (χ1) is 36.8. The molecular formula is C60H62I2N6O8. The topological polar surface area (TPSA) is 197 Å². The summed E-state index contributed by atoms with van der Waals surface area (Å²) in [6, 6.07) is 45.2. The molecular weight excluding hydrogens is 1190 g/mol. The molecule has 1 fully saturated rings. The quantitative estimate of drug-likeness (QED) is 0.0457. The molecule has 0 spiro atoms. The number of halogens is 2. The lowest BCUT2D eigenvalue weighted by Gasteiger charge is -2.26. The van der Waals surface area contributed by atoms with Crippen LogP contribution in [0.1, 0.15) is 120 Å². The summed E-state index contributed by atoms with van der Waals surface area (Å²) in [6.45, 7) is 0.756. The van der Waals surface area contributed by atoms with E-state index in [9.17, 15) is 28.8 Å². The molecule has 0 aromatic heterocycles. The molecule has 6 amide bonds. The van der Waals surface area contributed by atoms with Crippen molar-refractivity contribution in [2.24, 2.45) is 0 Å². The van der Waals surface area contributed by atoms with Gasteiger partial charge in [0.15, 0.2) is 0 Å². The first-order valence-electron chi connectivity index (χ1n) is 25.5. The first-order valence-corrected chi connectivity index (χ1v) is 27.7. The Kier molecular flexibility index (Phi) is 21.4. The van der Waals surface area contributed by atoms with Crippen molar-refractivity contribution < 1.29 is 39.0 Å². The number of carboxylic acids is 2. The zero-order chi connectivity index (χ0) is 53.8. The number of hydrogen-bond donors (Lipinski definition) is 6. The lowest BCUT2D eigenvalue weighted by Crippen LogP contribution is -2.34. The molecule has 1 saturated carbocycles. The summed E-state index contributed by atoms with van der Waals surface area (Å²) >= 11 is 4.43. The lowest BCUT2D eigenvalue weighted by atomic mass is 9.84. The molecule has 2 aliphatic rings. The van der Waals surface area contributed by atoms with E-state index < -0.39 is 11.9 Å². The fraction of sp³-hybridized carbons (Fsp3) is 0.267. The number of aliphatic carboxylic acids is 2. The summed E-state index contributed by atoms with van der Waals surface area (Å²) in [7, 11) is 0. The van der Waals surface area contributed by atoms with Crippen LogP contribution in [0.3, 0.4) is 0 Å². The van der Waals surface area contributed by atoms with Gasteiger partial charge in [0.05, 0.1) is 25.9 Å². The van der Waals surface area contributed by atoms with E-state index in [-0.39, 0.29) is 49.8 Å². The molecule has 0 saturated heterocycles. The van der Waals surface area contributed by atoms with Crippen LogP contribution in [0, 0.1) is 7.14 Å². The Bertz CT molecular complexity index is 2980. The molecule has 0 unspecified atom stereocenters. The van der Waals surface area contributed by atoms with E-state index in [1.807, 2.05) is 84.9 Å². The van der Waals surface area contributed by atoms with E-state index in [2.05, 4.69) is 96.8 Å². The van der Waals surface area contributed by atoms with Crippen molar-refractivity contribution in [3.8, 4) is 0 Å². The largest absolute Gasteiger partial charge is 0.481 e. The summed E-state index contributed by atoms with van der Waals surface area (Å²) < 4.78 is 2.05. The van der Waals surface area contributed by atoms with Crippen molar-refractivity contribution >= 4 is 109 Å². The Balaban J connectivity index is 0.000000221. The van der Waals surface area contributed by atoms with Crippen molar-refractivity contribution in [2.45, 2.75) is 89.6 Å². The third-order valence-electron chi connectivity index (χ3n) is 13.1. The fourth-order valence-corrected chi connectivity index (χ4v) is 10.1. The number of carboxylic acid groups (broad SMARTS) is 2. The van der Waals surface area contributed by atoms with Gasteiger partial charge in [-0.15, -0.1) is 0 Å². The van der Waals surface area contributed by atoms with Gasteiger partial charge < -0.3 is 31.5 Å². The van der Waals surface area contributed by atoms with Gasteiger partial charge in [0.25, 0.3) is 11.8 Å². The number of rotatable bonds is 18. The first kappa shape index (κ1) is 56.7. The summed E-state index contributed by atoms with van der Waals surface area (Å²) in [4.78, 5) is 76.3. The van der Waals surface area contributed by atoms with Crippen LogP contribution in [0.25, 0.3) is 5.57 Å². The van der Waals surface area contributed by atoms with E-state index in [0.29, 0.717) is 35.8 Å². The third kappa shape index (κ3) is 17.5. The number of allylic oxidation sites excluding steroid dienone is 2. The molecule has 0 radical (unpaired) electrons. The van der Waals surface area contributed by atoms with Gasteiger partial charge in [-0.2, -0.15) is 0 Å². The molecule has 0 heterocycles. The fourth-order valence-electron chi connectivity index (χ4n) is 9.05. The van der Waals surface area contributed by atoms with Crippen LogP contribution in [0.5, 0.6) is 0 Å². The van der Waals surface area contributed by atoms with Gasteiger partial charge in [-0.05, 0) is 202 Å². The summed E-state index contributed by atoms with van der Waals surface area (Å²) in [6.07, 6.45) is 12.9. The maximum atomic E-state index is 13.5. The zero-order valence-electron chi connectivity index (χ0n) is 42.1. The van der Waals surface area contributed by atoms with Crippen molar-refractivity contribution in [2.75, 3.05) is 33.5 Å². The number of hydrogen-bond acceptors (Lipinski definition) is 6. The van der Waals surface area contributed by atoms with Crippen LogP contribution < -0.4 is 31.1 Å². The predicted octanol–water partition coefficient (Wildman–Crippen LogP) is 13.5. The number of amides is 6. The molecule has 8 rings (SSSR count). The normalized spacial score (nSPS) is 13.2. The Morgan fingerprint density at radius 1 is 0.526 bits per heavy atom. The Labute approximate surface area is 471 Å². The van der Waals surface area contributed by atoms with Gasteiger partial charge in [-0.1, -0.05) is 86.0 Å². The molecule has 76 heavy (non-hydrogen) atoms. The molecule has 394 valence electrons. The van der Waals surface area contributed by atoms with E-state index in [1.54, 1.807) is 46.2 Å². The van der Waals surface area contributed by atoms with Gasteiger partial charge in [0.2, 0.25) is 0 Å². The summed E-state index contributed by atoms with van der Waals surface area (Å²) in [5.74, 6) is -2.01. The number of benzene rings is 6. The number of nitrogens with one attached hydrogen (secondary N) is 4. The van der Waals surface area contributed by atoms with E-state index in [0.717, 1.165) is 48.2 Å². The average Bonchev–Trinajstić information content (AvgIpc) is 3.42. The number of urea groups is 2. The minimum absolute atomic E-state index is 0.0647. The SMILES string of the molecule is O=C(O)CCNC(=O)c1ccc(CN(C(=O)Nc2cccc(I)c2)c2ccc(C3=CCCCC3)cc2)cc1.O=C(O)CCNC(=O)c1ccc(CN(C(=O)Nc2cccc(I)c2)c2ccc(C3CCCCC3)cc2)cc1. The van der Waals surface area contributed by atoms with Crippen LogP contribution in [0.2, 0.25) is 0 Å². The molecule has 0 bridgehead atoms. The highest BCUT2D eigenvalue weighted by molar-refractivity contribution is 14.1. The smallest absolute Gasteiger partial charge is 0.326 e. The molecule has 16 heteroatoms.